The van der Waals surface area contributed by atoms with Gasteiger partial charge >= 0.3 is 0 Å². The molecule has 138 valence electrons. The summed E-state index contributed by atoms with van der Waals surface area (Å²) in [5.74, 6) is 1.36. The van der Waals surface area contributed by atoms with Crippen molar-refractivity contribution < 1.29 is 9.21 Å². The molecule has 2 aromatic heterocycles. The van der Waals surface area contributed by atoms with Gasteiger partial charge < -0.3 is 14.3 Å². The van der Waals surface area contributed by atoms with E-state index in [9.17, 15) is 9.59 Å². The second kappa shape index (κ2) is 7.40. The fourth-order valence-corrected chi connectivity index (χ4v) is 3.36. The number of hydrogen-bond acceptors (Lipinski definition) is 4. The van der Waals surface area contributed by atoms with Crippen molar-refractivity contribution in [2.75, 3.05) is 6.54 Å². The molecule has 0 spiro atoms. The zero-order chi connectivity index (χ0) is 18.8. The van der Waals surface area contributed by atoms with Gasteiger partial charge in [-0.25, -0.2) is 4.98 Å². The van der Waals surface area contributed by atoms with Gasteiger partial charge in [-0.1, -0.05) is 41.9 Å². The number of halogens is 1. The highest BCUT2D eigenvalue weighted by Gasteiger charge is 2.26. The summed E-state index contributed by atoms with van der Waals surface area (Å²) in [6, 6.07) is 11.6. The minimum absolute atomic E-state index is 0.00295. The summed E-state index contributed by atoms with van der Waals surface area (Å²) < 4.78 is 5.88. The lowest BCUT2D eigenvalue weighted by Gasteiger charge is -2.25. The Balaban J connectivity index is 1.45. The number of aromatic amines is 1. The highest BCUT2D eigenvalue weighted by molar-refractivity contribution is 6.30. The van der Waals surface area contributed by atoms with E-state index < -0.39 is 5.56 Å². The maximum absolute atomic E-state index is 12.7. The quantitative estimate of drug-likeness (QED) is 0.751. The average Bonchev–Trinajstić information content (AvgIpc) is 3.11. The van der Waals surface area contributed by atoms with Crippen LogP contribution in [-0.2, 0) is 25.8 Å². The smallest absolute Gasteiger partial charge is 0.266 e. The number of pyridine rings is 1. The first-order chi connectivity index (χ1) is 13.1. The van der Waals surface area contributed by atoms with Crippen LogP contribution in [0.25, 0.3) is 0 Å². The molecule has 7 heteroatoms. The molecule has 1 aliphatic rings. The van der Waals surface area contributed by atoms with Crippen molar-refractivity contribution in [3.05, 3.63) is 86.4 Å². The van der Waals surface area contributed by atoms with Crippen LogP contribution in [0.15, 0.2) is 51.8 Å². The summed E-state index contributed by atoms with van der Waals surface area (Å²) in [5.41, 5.74) is 1.98. The van der Waals surface area contributed by atoms with E-state index >= 15 is 0 Å². The number of nitrogens with zero attached hydrogens (tertiary/aromatic N) is 2. The molecule has 6 nitrogen and oxygen atoms in total. The molecule has 1 N–H and O–H groups in total. The van der Waals surface area contributed by atoms with Gasteiger partial charge in [-0.3, -0.25) is 9.59 Å². The van der Waals surface area contributed by atoms with Gasteiger partial charge in [0.25, 0.3) is 11.5 Å². The fraction of sp³-hybridized carbons (Fsp3) is 0.250. The molecule has 0 fully saturated rings. The molecule has 0 aliphatic carbocycles. The van der Waals surface area contributed by atoms with Crippen LogP contribution in [0.5, 0.6) is 0 Å². The molecule has 0 radical (unpaired) electrons. The molecule has 0 saturated heterocycles. The zero-order valence-electron chi connectivity index (χ0n) is 14.6. The predicted molar refractivity (Wildman–Crippen MR) is 101 cm³/mol. The largest absolute Gasteiger partial charge is 0.445 e. The monoisotopic (exact) mass is 383 g/mol. The third kappa shape index (κ3) is 3.80. The van der Waals surface area contributed by atoms with E-state index in [1.807, 2.05) is 18.2 Å². The van der Waals surface area contributed by atoms with E-state index in [1.54, 1.807) is 4.90 Å². The Kier molecular flexibility index (Phi) is 4.81. The number of hydrogen-bond donors (Lipinski definition) is 1. The molecule has 3 aromatic rings. The number of rotatable bonds is 4. The SMILES string of the molecule is O=C(c1c[nH]c(=O)c(Cl)c1)N1CCc2oc(CCc3ccccc3)nc2C1. The lowest BCUT2D eigenvalue weighted by Crippen LogP contribution is -2.36. The minimum Gasteiger partial charge on any atom is -0.445 e. The van der Waals surface area contributed by atoms with Gasteiger partial charge in [0, 0.05) is 25.6 Å². The Morgan fingerprint density at radius 1 is 1.26 bits per heavy atom. The van der Waals surface area contributed by atoms with E-state index in [1.165, 1.54) is 17.8 Å². The summed E-state index contributed by atoms with van der Waals surface area (Å²) in [6.07, 6.45) is 3.59. The van der Waals surface area contributed by atoms with Gasteiger partial charge in [-0.05, 0) is 18.1 Å². The molecular weight excluding hydrogens is 366 g/mol. The van der Waals surface area contributed by atoms with E-state index in [4.69, 9.17) is 16.0 Å². The molecule has 3 heterocycles. The predicted octanol–water partition coefficient (Wildman–Crippen LogP) is 3.00. The van der Waals surface area contributed by atoms with Gasteiger partial charge in [-0.2, -0.15) is 0 Å². The van der Waals surface area contributed by atoms with Crippen LogP contribution < -0.4 is 5.56 Å². The summed E-state index contributed by atoms with van der Waals surface area (Å²) in [5, 5.41) is 0.00295. The Labute approximate surface area is 160 Å². The highest BCUT2D eigenvalue weighted by Crippen LogP contribution is 2.22. The molecule has 0 atom stereocenters. The third-order valence-corrected chi connectivity index (χ3v) is 4.92. The number of amides is 1. The van der Waals surface area contributed by atoms with Gasteiger partial charge in [0.05, 0.1) is 12.1 Å². The van der Waals surface area contributed by atoms with Gasteiger partial charge in [0.2, 0.25) is 0 Å². The summed E-state index contributed by atoms with van der Waals surface area (Å²) in [4.78, 5) is 32.8. The Bertz CT molecular complexity index is 1030. The zero-order valence-corrected chi connectivity index (χ0v) is 15.3. The fourth-order valence-electron chi connectivity index (χ4n) is 3.19. The van der Waals surface area contributed by atoms with E-state index in [0.29, 0.717) is 31.0 Å². The normalized spacial score (nSPS) is 13.4. The van der Waals surface area contributed by atoms with Gasteiger partial charge in [-0.15, -0.1) is 0 Å². The number of fused-ring (bicyclic) bond motifs is 1. The first-order valence-corrected chi connectivity index (χ1v) is 9.17. The van der Waals surface area contributed by atoms with Crippen LogP contribution in [0.2, 0.25) is 5.02 Å². The molecule has 1 amide bonds. The number of oxazole rings is 1. The van der Waals surface area contributed by atoms with Crippen molar-refractivity contribution in [1.82, 2.24) is 14.9 Å². The number of benzene rings is 1. The van der Waals surface area contributed by atoms with E-state index in [2.05, 4.69) is 22.1 Å². The van der Waals surface area contributed by atoms with E-state index in [0.717, 1.165) is 24.3 Å². The first kappa shape index (κ1) is 17.5. The number of aromatic nitrogens is 2. The lowest BCUT2D eigenvalue weighted by molar-refractivity contribution is 0.0727. The van der Waals surface area contributed by atoms with Crippen molar-refractivity contribution in [1.29, 1.82) is 0 Å². The second-order valence-corrected chi connectivity index (χ2v) is 6.91. The second-order valence-electron chi connectivity index (χ2n) is 6.51. The number of aryl methyl sites for hydroxylation is 2. The number of carbonyl (C=O) groups is 1. The van der Waals surface area contributed by atoms with E-state index in [-0.39, 0.29) is 10.9 Å². The Morgan fingerprint density at radius 3 is 2.85 bits per heavy atom. The van der Waals surface area contributed by atoms with Crippen LogP contribution in [0.1, 0.15) is 33.3 Å². The van der Waals surface area contributed by atoms with Gasteiger partial charge in [0.15, 0.2) is 5.89 Å². The summed E-state index contributed by atoms with van der Waals surface area (Å²) in [7, 11) is 0. The molecule has 1 aliphatic heterocycles. The van der Waals surface area contributed by atoms with Crippen LogP contribution in [0.3, 0.4) is 0 Å². The molecule has 0 bridgehead atoms. The molecule has 0 saturated carbocycles. The molecule has 4 rings (SSSR count). The molecule has 1 aromatic carbocycles. The average molecular weight is 384 g/mol. The van der Waals surface area contributed by atoms with Crippen LogP contribution >= 0.6 is 11.6 Å². The summed E-state index contributed by atoms with van der Waals surface area (Å²) >= 11 is 5.82. The maximum Gasteiger partial charge on any atom is 0.266 e. The van der Waals surface area contributed by atoms with Crippen molar-refractivity contribution in [2.24, 2.45) is 0 Å². The third-order valence-electron chi connectivity index (χ3n) is 4.63. The Morgan fingerprint density at radius 2 is 2.07 bits per heavy atom. The first-order valence-electron chi connectivity index (χ1n) is 8.79. The molecule has 27 heavy (non-hydrogen) atoms. The molecular formula is C20H18ClN3O3. The standard InChI is InChI=1S/C20H18ClN3O3/c21-15-10-14(11-22-19(15)25)20(26)24-9-8-17-16(12-24)23-18(27-17)7-6-13-4-2-1-3-5-13/h1-5,10-11H,6-9,12H2,(H,22,25). The molecule has 0 unspecified atom stereocenters. The van der Waals surface area contributed by atoms with Crippen LogP contribution in [-0.4, -0.2) is 27.3 Å². The van der Waals surface area contributed by atoms with Gasteiger partial charge in [0.1, 0.15) is 16.5 Å². The van der Waals surface area contributed by atoms with Crippen molar-refractivity contribution in [3.63, 3.8) is 0 Å². The van der Waals surface area contributed by atoms with Crippen LogP contribution in [0.4, 0.5) is 0 Å². The number of carbonyl (C=O) groups excluding carboxylic acids is 1. The number of nitrogens with one attached hydrogen (secondary N) is 1. The van der Waals surface area contributed by atoms with Crippen molar-refractivity contribution >= 4 is 17.5 Å². The maximum atomic E-state index is 12.7. The minimum atomic E-state index is -0.409. The summed E-state index contributed by atoms with van der Waals surface area (Å²) in [6.45, 7) is 0.926. The number of H-pyrrole nitrogens is 1. The van der Waals surface area contributed by atoms with Crippen molar-refractivity contribution in [3.8, 4) is 0 Å². The highest BCUT2D eigenvalue weighted by atomic mass is 35.5. The Hall–Kier alpha value is -2.86. The lowest BCUT2D eigenvalue weighted by atomic mass is 10.1. The topological polar surface area (TPSA) is 79.2 Å². The van der Waals surface area contributed by atoms with Crippen LogP contribution in [0, 0.1) is 0 Å². The van der Waals surface area contributed by atoms with Crippen molar-refractivity contribution in [2.45, 2.75) is 25.8 Å².